The van der Waals surface area contributed by atoms with E-state index in [-0.39, 0.29) is 17.6 Å². The van der Waals surface area contributed by atoms with Crippen LogP contribution in [-0.4, -0.2) is 29.7 Å². The third kappa shape index (κ3) is 3.52. The van der Waals surface area contributed by atoms with Crippen LogP contribution in [0.2, 0.25) is 0 Å². The SMILES string of the molecule is O=C1CC(C(=O)N2CCC(CCc3ccccc3)CC2)C1. The van der Waals surface area contributed by atoms with E-state index in [0.717, 1.165) is 38.3 Å². The zero-order valence-corrected chi connectivity index (χ0v) is 12.5. The average molecular weight is 285 g/mol. The third-order valence-corrected chi connectivity index (χ3v) is 4.91. The van der Waals surface area contributed by atoms with Gasteiger partial charge in [0.15, 0.2) is 0 Å². The molecule has 1 aromatic carbocycles. The van der Waals surface area contributed by atoms with Gasteiger partial charge in [0, 0.05) is 25.9 Å². The number of piperidine rings is 1. The van der Waals surface area contributed by atoms with E-state index in [4.69, 9.17) is 0 Å². The summed E-state index contributed by atoms with van der Waals surface area (Å²) in [4.78, 5) is 25.2. The number of carbonyl (C=O) groups excluding carboxylic acids is 2. The van der Waals surface area contributed by atoms with Gasteiger partial charge in [0.2, 0.25) is 5.91 Å². The Morgan fingerprint density at radius 1 is 1.10 bits per heavy atom. The molecule has 0 radical (unpaired) electrons. The van der Waals surface area contributed by atoms with Gasteiger partial charge in [-0.05, 0) is 37.2 Å². The third-order valence-electron chi connectivity index (χ3n) is 4.91. The highest BCUT2D eigenvalue weighted by Crippen LogP contribution is 2.28. The summed E-state index contributed by atoms with van der Waals surface area (Å²) in [5.41, 5.74) is 1.41. The van der Waals surface area contributed by atoms with Gasteiger partial charge in [0.05, 0.1) is 5.92 Å². The maximum absolute atomic E-state index is 12.2. The number of benzene rings is 1. The number of nitrogens with zero attached hydrogens (tertiary/aromatic N) is 1. The Labute approximate surface area is 126 Å². The number of hydrogen-bond acceptors (Lipinski definition) is 2. The molecule has 0 aromatic heterocycles. The maximum atomic E-state index is 12.2. The van der Waals surface area contributed by atoms with Crippen molar-refractivity contribution in [3.63, 3.8) is 0 Å². The zero-order chi connectivity index (χ0) is 14.7. The molecule has 1 amide bonds. The van der Waals surface area contributed by atoms with E-state index >= 15 is 0 Å². The summed E-state index contributed by atoms with van der Waals surface area (Å²) in [6.45, 7) is 1.76. The molecule has 1 saturated heterocycles. The molecule has 0 bridgehead atoms. The maximum Gasteiger partial charge on any atom is 0.226 e. The lowest BCUT2D eigenvalue weighted by Gasteiger charge is -2.36. The lowest BCUT2D eigenvalue weighted by atomic mass is 9.82. The van der Waals surface area contributed by atoms with E-state index in [2.05, 4.69) is 30.3 Å². The van der Waals surface area contributed by atoms with Crippen LogP contribution in [0.15, 0.2) is 30.3 Å². The van der Waals surface area contributed by atoms with Gasteiger partial charge in [-0.2, -0.15) is 0 Å². The van der Waals surface area contributed by atoms with Crippen molar-refractivity contribution in [2.75, 3.05) is 13.1 Å². The molecule has 1 aromatic rings. The van der Waals surface area contributed by atoms with Crippen molar-refractivity contribution >= 4 is 11.7 Å². The van der Waals surface area contributed by atoms with Crippen LogP contribution in [0.1, 0.15) is 37.7 Å². The zero-order valence-electron chi connectivity index (χ0n) is 12.5. The first-order valence-electron chi connectivity index (χ1n) is 8.07. The number of ketones is 1. The molecule has 2 aliphatic rings. The Balaban J connectivity index is 1.41. The number of aryl methyl sites for hydroxylation is 1. The number of amides is 1. The minimum atomic E-state index is -0.00151. The van der Waals surface area contributed by atoms with Crippen molar-refractivity contribution in [3.05, 3.63) is 35.9 Å². The Hall–Kier alpha value is -1.64. The normalized spacial score (nSPS) is 20.4. The summed E-state index contributed by atoms with van der Waals surface area (Å²) in [6.07, 6.45) is 5.53. The van der Waals surface area contributed by atoms with Gasteiger partial charge in [0.25, 0.3) is 0 Å². The van der Waals surface area contributed by atoms with Gasteiger partial charge in [-0.3, -0.25) is 9.59 Å². The second-order valence-electron chi connectivity index (χ2n) is 6.44. The van der Waals surface area contributed by atoms with E-state index in [9.17, 15) is 9.59 Å². The van der Waals surface area contributed by atoms with Crippen LogP contribution in [0.3, 0.4) is 0 Å². The average Bonchev–Trinajstić information content (AvgIpc) is 2.51. The van der Waals surface area contributed by atoms with Crippen LogP contribution >= 0.6 is 0 Å². The monoisotopic (exact) mass is 285 g/mol. The summed E-state index contributed by atoms with van der Waals surface area (Å²) in [7, 11) is 0. The van der Waals surface area contributed by atoms with Crippen LogP contribution in [0, 0.1) is 11.8 Å². The van der Waals surface area contributed by atoms with Gasteiger partial charge < -0.3 is 4.90 Å². The predicted octanol–water partition coefficient (Wildman–Crippen LogP) is 2.84. The molecule has 1 heterocycles. The number of rotatable bonds is 4. The van der Waals surface area contributed by atoms with Gasteiger partial charge in [-0.25, -0.2) is 0 Å². The molecular formula is C18H23NO2. The summed E-state index contributed by atoms with van der Waals surface area (Å²) < 4.78 is 0. The summed E-state index contributed by atoms with van der Waals surface area (Å²) >= 11 is 0. The topological polar surface area (TPSA) is 37.4 Å². The fraction of sp³-hybridized carbons (Fsp3) is 0.556. The van der Waals surface area contributed by atoms with Crippen molar-refractivity contribution in [2.45, 2.75) is 38.5 Å². The van der Waals surface area contributed by atoms with E-state index < -0.39 is 0 Å². The highest BCUT2D eigenvalue weighted by molar-refractivity contribution is 5.96. The van der Waals surface area contributed by atoms with E-state index in [1.54, 1.807) is 0 Å². The van der Waals surface area contributed by atoms with Crippen molar-refractivity contribution < 1.29 is 9.59 Å². The van der Waals surface area contributed by atoms with Crippen molar-refractivity contribution in [1.29, 1.82) is 0 Å². The molecule has 0 atom stereocenters. The molecule has 0 spiro atoms. The van der Waals surface area contributed by atoms with Gasteiger partial charge in [-0.15, -0.1) is 0 Å². The van der Waals surface area contributed by atoms with E-state index in [0.29, 0.717) is 12.8 Å². The Morgan fingerprint density at radius 3 is 2.38 bits per heavy atom. The van der Waals surface area contributed by atoms with Crippen LogP contribution in [0.25, 0.3) is 0 Å². The first-order chi connectivity index (χ1) is 10.2. The van der Waals surface area contributed by atoms with Crippen LogP contribution in [0.4, 0.5) is 0 Å². The van der Waals surface area contributed by atoms with Crippen LogP contribution < -0.4 is 0 Å². The number of carbonyl (C=O) groups is 2. The van der Waals surface area contributed by atoms with Crippen molar-refractivity contribution in [1.82, 2.24) is 4.90 Å². The molecule has 2 fully saturated rings. The van der Waals surface area contributed by atoms with Crippen LogP contribution in [-0.2, 0) is 16.0 Å². The molecule has 1 aliphatic carbocycles. The molecule has 0 N–H and O–H groups in total. The molecular weight excluding hydrogens is 262 g/mol. The standard InChI is InChI=1S/C18H23NO2/c20-17-12-16(13-17)18(21)19-10-8-15(9-11-19)7-6-14-4-2-1-3-5-14/h1-5,15-16H,6-13H2. The highest BCUT2D eigenvalue weighted by atomic mass is 16.2. The lowest BCUT2D eigenvalue weighted by molar-refractivity contribution is -0.146. The van der Waals surface area contributed by atoms with Gasteiger partial charge in [0.1, 0.15) is 5.78 Å². The molecule has 112 valence electrons. The first kappa shape index (κ1) is 14.3. The lowest BCUT2D eigenvalue weighted by Crippen LogP contribution is -2.45. The number of hydrogen-bond donors (Lipinski definition) is 0. The van der Waals surface area contributed by atoms with Gasteiger partial charge >= 0.3 is 0 Å². The van der Waals surface area contributed by atoms with E-state index in [1.165, 1.54) is 12.0 Å². The summed E-state index contributed by atoms with van der Waals surface area (Å²) in [5, 5.41) is 0. The number of Topliss-reactive ketones (excluding diaryl/α,β-unsaturated/α-hetero) is 1. The fourth-order valence-corrected chi connectivity index (χ4v) is 3.38. The van der Waals surface area contributed by atoms with Crippen LogP contribution in [0.5, 0.6) is 0 Å². The van der Waals surface area contributed by atoms with E-state index in [1.807, 2.05) is 4.90 Å². The minimum absolute atomic E-state index is 0.00151. The second-order valence-corrected chi connectivity index (χ2v) is 6.44. The smallest absolute Gasteiger partial charge is 0.226 e. The van der Waals surface area contributed by atoms with Gasteiger partial charge in [-0.1, -0.05) is 30.3 Å². The molecule has 1 aliphatic heterocycles. The predicted molar refractivity (Wildman–Crippen MR) is 81.8 cm³/mol. The second kappa shape index (κ2) is 6.42. The molecule has 1 saturated carbocycles. The Bertz CT molecular complexity index is 495. The molecule has 21 heavy (non-hydrogen) atoms. The fourth-order valence-electron chi connectivity index (χ4n) is 3.38. The van der Waals surface area contributed by atoms with Crippen molar-refractivity contribution in [3.8, 4) is 0 Å². The Morgan fingerprint density at radius 2 is 1.76 bits per heavy atom. The highest BCUT2D eigenvalue weighted by Gasteiger charge is 2.36. The molecule has 0 unspecified atom stereocenters. The van der Waals surface area contributed by atoms with Crippen molar-refractivity contribution in [2.24, 2.45) is 11.8 Å². The minimum Gasteiger partial charge on any atom is -0.342 e. The number of likely N-dealkylation sites (tertiary alicyclic amines) is 1. The Kier molecular flexibility index (Phi) is 4.37. The summed E-state index contributed by atoms with van der Waals surface area (Å²) in [6, 6.07) is 10.6. The molecule has 3 heteroatoms. The molecule has 3 nitrogen and oxygen atoms in total. The quantitative estimate of drug-likeness (QED) is 0.853. The molecule has 3 rings (SSSR count). The first-order valence-corrected chi connectivity index (χ1v) is 8.07. The summed E-state index contributed by atoms with van der Waals surface area (Å²) in [5.74, 6) is 1.19. The largest absolute Gasteiger partial charge is 0.342 e.